The molecule has 0 atom stereocenters. The Morgan fingerprint density at radius 1 is 0.203 bits per heavy atom. The van der Waals surface area contributed by atoms with Gasteiger partial charge in [0.2, 0.25) is 10.8 Å². The molecule has 0 saturated carbocycles. The molecule has 0 amide bonds. The van der Waals surface area contributed by atoms with Gasteiger partial charge in [0, 0.05) is 22.7 Å². The standard InChI is InChI=1S/2C27H20F6N2O2/c2*28-26(29,30)25(27(31,32)33,17-1-9-21(10-2-17)36-23-13-5-19(34)6-14-23)18-3-11-22(12-4-18)37-24-15-7-20(35)8-16-24/h2*1-16H,34-35H2. The maximum atomic E-state index is 14.4. The van der Waals surface area contributed by atoms with Gasteiger partial charge < -0.3 is 41.9 Å². The minimum atomic E-state index is -5.72. The van der Waals surface area contributed by atoms with Crippen LogP contribution in [0.1, 0.15) is 22.3 Å². The number of rotatable bonds is 12. The summed E-state index contributed by atoms with van der Waals surface area (Å²) in [5, 5.41) is 0. The highest BCUT2D eigenvalue weighted by atomic mass is 19.4. The van der Waals surface area contributed by atoms with Crippen molar-refractivity contribution in [1.82, 2.24) is 0 Å². The Hall–Kier alpha value is -8.68. The van der Waals surface area contributed by atoms with Crippen molar-refractivity contribution in [3.05, 3.63) is 216 Å². The number of benzene rings is 8. The summed E-state index contributed by atoms with van der Waals surface area (Å²) < 4.78 is 195. The van der Waals surface area contributed by atoms with Crippen molar-refractivity contribution in [2.45, 2.75) is 35.5 Å². The van der Waals surface area contributed by atoms with E-state index in [1.807, 2.05) is 0 Å². The second-order valence-corrected chi connectivity index (χ2v) is 16.3. The molecular formula is C54H40F12N4O4. The fraction of sp³-hybridized carbons (Fsp3) is 0.111. The van der Waals surface area contributed by atoms with Gasteiger partial charge in [-0.05, 0) is 168 Å². The van der Waals surface area contributed by atoms with Crippen LogP contribution < -0.4 is 41.9 Å². The van der Waals surface area contributed by atoms with Gasteiger partial charge in [0.15, 0.2) is 0 Å². The van der Waals surface area contributed by atoms with E-state index in [1.54, 1.807) is 48.5 Å². The first kappa shape index (κ1) is 53.1. The smallest absolute Gasteiger partial charge is 0.411 e. The lowest BCUT2D eigenvalue weighted by Gasteiger charge is -2.38. The maximum Gasteiger partial charge on any atom is 0.411 e. The molecule has 0 bridgehead atoms. The molecule has 0 aliphatic heterocycles. The van der Waals surface area contributed by atoms with Crippen molar-refractivity contribution in [2.75, 3.05) is 22.9 Å². The number of anilines is 4. The number of halogens is 12. The molecule has 8 nitrogen and oxygen atoms in total. The lowest BCUT2D eigenvalue weighted by molar-refractivity contribution is -0.290. The van der Waals surface area contributed by atoms with Crippen LogP contribution in [0.3, 0.4) is 0 Å². The summed E-state index contributed by atoms with van der Waals surface area (Å²) in [5.41, 5.74) is 11.6. The van der Waals surface area contributed by atoms with E-state index in [1.165, 1.54) is 48.5 Å². The van der Waals surface area contributed by atoms with E-state index in [2.05, 4.69) is 0 Å². The maximum absolute atomic E-state index is 14.4. The van der Waals surface area contributed by atoms with E-state index in [4.69, 9.17) is 41.9 Å². The first-order valence-electron chi connectivity index (χ1n) is 21.6. The lowest BCUT2D eigenvalue weighted by Crippen LogP contribution is -2.54. The largest absolute Gasteiger partial charge is 0.457 e. The van der Waals surface area contributed by atoms with Crippen molar-refractivity contribution in [2.24, 2.45) is 0 Å². The molecule has 0 aliphatic carbocycles. The normalized spacial score (nSPS) is 12.3. The Bertz CT molecular complexity index is 2670. The van der Waals surface area contributed by atoms with Gasteiger partial charge >= 0.3 is 24.7 Å². The number of nitrogens with two attached hydrogens (primary N) is 4. The summed E-state index contributed by atoms with van der Waals surface area (Å²) in [7, 11) is 0. The van der Waals surface area contributed by atoms with Crippen LogP contribution in [0.2, 0.25) is 0 Å². The topological polar surface area (TPSA) is 141 Å². The third kappa shape index (κ3) is 11.3. The molecule has 0 radical (unpaired) electrons. The Kier molecular flexibility index (Phi) is 14.9. The average Bonchev–Trinajstić information content (AvgIpc) is 3.33. The highest BCUT2D eigenvalue weighted by molar-refractivity contribution is 5.52. The Balaban J connectivity index is 0.000000216. The molecule has 8 aromatic carbocycles. The van der Waals surface area contributed by atoms with Gasteiger partial charge in [-0.15, -0.1) is 0 Å². The highest BCUT2D eigenvalue weighted by Gasteiger charge is 2.73. The molecule has 74 heavy (non-hydrogen) atoms. The van der Waals surface area contributed by atoms with Crippen molar-refractivity contribution < 1.29 is 71.6 Å². The second-order valence-electron chi connectivity index (χ2n) is 16.3. The van der Waals surface area contributed by atoms with Gasteiger partial charge in [0.25, 0.3) is 0 Å². The van der Waals surface area contributed by atoms with Crippen LogP contribution in [-0.2, 0) is 10.8 Å². The quantitative estimate of drug-likeness (QED) is 0.0700. The molecule has 20 heteroatoms. The predicted octanol–water partition coefficient (Wildman–Crippen LogP) is 15.7. The van der Waals surface area contributed by atoms with Gasteiger partial charge in [-0.3, -0.25) is 0 Å². The molecule has 0 spiro atoms. The van der Waals surface area contributed by atoms with Crippen LogP contribution >= 0.6 is 0 Å². The molecule has 0 heterocycles. The Labute approximate surface area is 414 Å². The van der Waals surface area contributed by atoms with Gasteiger partial charge in [0.1, 0.15) is 46.0 Å². The number of hydrogen-bond acceptors (Lipinski definition) is 8. The van der Waals surface area contributed by atoms with E-state index >= 15 is 0 Å². The van der Waals surface area contributed by atoms with Crippen LogP contribution in [0.25, 0.3) is 0 Å². The van der Waals surface area contributed by atoms with Crippen molar-refractivity contribution in [3.63, 3.8) is 0 Å². The number of ether oxygens (including phenoxy) is 4. The van der Waals surface area contributed by atoms with Crippen LogP contribution in [0.4, 0.5) is 75.4 Å². The SMILES string of the molecule is Nc1ccc(Oc2ccc(C(c3ccc(Oc4ccc(N)cc4)cc3)(C(F)(F)F)C(F)(F)F)cc2)cc1.Nc1ccc(Oc2ccc(C(c3ccc(Oc4ccc(N)cc4)cc3)(C(F)(F)F)C(F)(F)F)cc2)cc1. The first-order valence-corrected chi connectivity index (χ1v) is 21.6. The third-order valence-corrected chi connectivity index (χ3v) is 11.3. The van der Waals surface area contributed by atoms with Crippen molar-refractivity contribution in [1.29, 1.82) is 0 Å². The molecule has 0 saturated heterocycles. The van der Waals surface area contributed by atoms with Gasteiger partial charge in [-0.1, -0.05) is 48.5 Å². The van der Waals surface area contributed by atoms with Crippen LogP contribution in [0, 0.1) is 0 Å². The fourth-order valence-corrected chi connectivity index (χ4v) is 7.74. The Morgan fingerprint density at radius 2 is 0.324 bits per heavy atom. The number of alkyl halides is 12. The molecule has 8 N–H and O–H groups in total. The molecule has 8 aromatic rings. The first-order chi connectivity index (χ1) is 34.8. The summed E-state index contributed by atoms with van der Waals surface area (Å²) >= 11 is 0. The third-order valence-electron chi connectivity index (χ3n) is 11.3. The van der Waals surface area contributed by atoms with E-state index < -0.39 is 57.8 Å². The molecular weight excluding hydrogens is 997 g/mol. The summed E-state index contributed by atoms with van der Waals surface area (Å²) in [6, 6.07) is 39.0. The van der Waals surface area contributed by atoms with Crippen molar-refractivity contribution in [3.8, 4) is 46.0 Å². The van der Waals surface area contributed by atoms with Crippen LogP contribution in [0.15, 0.2) is 194 Å². The summed E-state index contributed by atoms with van der Waals surface area (Å²) in [6.07, 6.45) is -22.9. The zero-order valence-corrected chi connectivity index (χ0v) is 38.0. The molecule has 0 unspecified atom stereocenters. The monoisotopic (exact) mass is 1040 g/mol. The van der Waals surface area contributed by atoms with E-state index in [0.29, 0.717) is 45.7 Å². The fourth-order valence-electron chi connectivity index (χ4n) is 7.74. The molecule has 0 fully saturated rings. The van der Waals surface area contributed by atoms with Gasteiger partial charge in [0.05, 0.1) is 0 Å². The van der Waals surface area contributed by atoms with Gasteiger partial charge in [-0.25, -0.2) is 0 Å². The highest BCUT2D eigenvalue weighted by Crippen LogP contribution is 2.58. The minimum Gasteiger partial charge on any atom is -0.457 e. The number of hydrogen-bond donors (Lipinski definition) is 4. The second kappa shape index (κ2) is 20.8. The molecule has 8 rings (SSSR count). The Morgan fingerprint density at radius 3 is 0.446 bits per heavy atom. The lowest BCUT2D eigenvalue weighted by atomic mass is 9.73. The summed E-state index contributed by atoms with van der Waals surface area (Å²) in [4.78, 5) is 0. The van der Waals surface area contributed by atoms with Gasteiger partial charge in [-0.2, -0.15) is 52.7 Å². The molecule has 0 aromatic heterocycles. The summed E-state index contributed by atoms with van der Waals surface area (Å²) in [5.74, 6) is 1.48. The van der Waals surface area contributed by atoms with Crippen LogP contribution in [-0.4, -0.2) is 24.7 Å². The number of nitrogen functional groups attached to an aromatic ring is 4. The zero-order chi connectivity index (χ0) is 53.7. The predicted molar refractivity (Wildman–Crippen MR) is 255 cm³/mol. The molecule has 0 aliphatic rings. The van der Waals surface area contributed by atoms with E-state index in [9.17, 15) is 52.7 Å². The van der Waals surface area contributed by atoms with E-state index in [-0.39, 0.29) is 23.0 Å². The average molecular weight is 1040 g/mol. The van der Waals surface area contributed by atoms with Crippen LogP contribution in [0.5, 0.6) is 46.0 Å². The summed E-state index contributed by atoms with van der Waals surface area (Å²) in [6.45, 7) is 0. The van der Waals surface area contributed by atoms with E-state index in [0.717, 1.165) is 97.1 Å². The van der Waals surface area contributed by atoms with Crippen molar-refractivity contribution >= 4 is 22.7 Å². The minimum absolute atomic E-state index is 0.0546. The zero-order valence-electron chi connectivity index (χ0n) is 38.0. The molecule has 384 valence electrons.